The third-order valence-electron chi connectivity index (χ3n) is 3.06. The zero-order chi connectivity index (χ0) is 14.0. The molecule has 2 aromatic rings. The average molecular weight is 276 g/mol. The molecule has 19 heavy (non-hydrogen) atoms. The molecule has 0 saturated heterocycles. The lowest BCUT2D eigenvalue weighted by Gasteiger charge is -2.21. The van der Waals surface area contributed by atoms with Gasteiger partial charge in [0.1, 0.15) is 0 Å². The van der Waals surface area contributed by atoms with Gasteiger partial charge in [0, 0.05) is 5.41 Å². The van der Waals surface area contributed by atoms with E-state index in [1.807, 2.05) is 0 Å². The Morgan fingerprint density at radius 3 is 2.37 bits per heavy atom. The van der Waals surface area contributed by atoms with E-state index in [0.717, 1.165) is 16.1 Å². The molecule has 1 aromatic carbocycles. The molecule has 0 amide bonds. The third-order valence-corrected chi connectivity index (χ3v) is 3.85. The molecule has 1 atom stereocenters. The Kier molecular flexibility index (Phi) is 3.99. The summed E-state index contributed by atoms with van der Waals surface area (Å²) in [5, 5.41) is 4.27. The maximum Gasteiger partial charge on any atom is 0.0861 e. The molecule has 0 radical (unpaired) electrons. The number of hydrogen-bond acceptors (Lipinski definition) is 5. The number of hydrogen-bond donors (Lipinski definition) is 2. The molecule has 0 aliphatic carbocycles. The molecule has 2 rings (SSSR count). The largest absolute Gasteiger partial charge is 0.271 e. The molecule has 5 heteroatoms. The highest BCUT2D eigenvalue weighted by atomic mass is 32.1. The van der Waals surface area contributed by atoms with Gasteiger partial charge in [-0.25, -0.2) is 5.43 Å². The molecule has 1 heterocycles. The molecule has 1 unspecified atom stereocenters. The van der Waals surface area contributed by atoms with Gasteiger partial charge < -0.3 is 0 Å². The fourth-order valence-corrected chi connectivity index (χ4v) is 2.94. The van der Waals surface area contributed by atoms with E-state index in [2.05, 4.69) is 67.0 Å². The number of benzene rings is 1. The zero-order valence-electron chi connectivity index (χ0n) is 11.8. The fourth-order valence-electron chi connectivity index (χ4n) is 1.99. The van der Waals surface area contributed by atoms with Crippen LogP contribution in [0.3, 0.4) is 0 Å². The Labute approximate surface area is 118 Å². The standard InChI is InChI=1S/C14H20N4S/c1-9-5-7-10(8-6-9)11(16-15)12-13(14(2,3)4)17-18-19-12/h5-8,11,16H,15H2,1-4H3. The average Bonchev–Trinajstić information content (AvgIpc) is 2.81. The van der Waals surface area contributed by atoms with Crippen LogP contribution in [0.15, 0.2) is 24.3 Å². The molecule has 0 bridgehead atoms. The number of aryl methyl sites for hydroxylation is 1. The van der Waals surface area contributed by atoms with Crippen LogP contribution in [0.4, 0.5) is 0 Å². The van der Waals surface area contributed by atoms with Crippen molar-refractivity contribution < 1.29 is 0 Å². The van der Waals surface area contributed by atoms with E-state index in [0.29, 0.717) is 0 Å². The van der Waals surface area contributed by atoms with Crippen molar-refractivity contribution in [3.8, 4) is 0 Å². The Balaban J connectivity index is 2.43. The highest BCUT2D eigenvalue weighted by Gasteiger charge is 2.27. The maximum absolute atomic E-state index is 5.75. The number of nitrogens with two attached hydrogens (primary N) is 1. The van der Waals surface area contributed by atoms with Gasteiger partial charge in [0.25, 0.3) is 0 Å². The predicted octanol–water partition coefficient (Wildman–Crippen LogP) is 2.70. The summed E-state index contributed by atoms with van der Waals surface area (Å²) in [4.78, 5) is 1.08. The SMILES string of the molecule is Cc1ccc(C(NN)c2snnc2C(C)(C)C)cc1. The maximum atomic E-state index is 5.75. The quantitative estimate of drug-likeness (QED) is 0.668. The molecular weight excluding hydrogens is 256 g/mol. The molecular formula is C14H20N4S. The molecule has 0 aliphatic heterocycles. The molecule has 1 aromatic heterocycles. The van der Waals surface area contributed by atoms with Gasteiger partial charge in [0.15, 0.2) is 0 Å². The highest BCUT2D eigenvalue weighted by molar-refractivity contribution is 7.05. The molecule has 102 valence electrons. The smallest absolute Gasteiger partial charge is 0.0861 e. The molecule has 0 spiro atoms. The summed E-state index contributed by atoms with van der Waals surface area (Å²) in [6.45, 7) is 8.48. The second-order valence-corrected chi connectivity index (χ2v) is 6.53. The Morgan fingerprint density at radius 1 is 1.21 bits per heavy atom. The van der Waals surface area contributed by atoms with Crippen LogP contribution in [0.1, 0.15) is 48.5 Å². The van der Waals surface area contributed by atoms with Gasteiger partial charge in [-0.3, -0.25) is 5.84 Å². The van der Waals surface area contributed by atoms with Crippen LogP contribution in [0, 0.1) is 6.92 Å². The minimum atomic E-state index is -0.0603. The first kappa shape index (κ1) is 14.1. The number of hydrazine groups is 1. The lowest BCUT2D eigenvalue weighted by Crippen LogP contribution is -2.30. The molecule has 3 N–H and O–H groups in total. The number of nitrogens with one attached hydrogen (secondary N) is 1. The summed E-state index contributed by atoms with van der Waals surface area (Å²) < 4.78 is 4.10. The Hall–Kier alpha value is -1.30. The minimum absolute atomic E-state index is 0.0396. The lowest BCUT2D eigenvalue weighted by atomic mass is 9.89. The van der Waals surface area contributed by atoms with E-state index < -0.39 is 0 Å². The third kappa shape index (κ3) is 3.00. The first-order chi connectivity index (χ1) is 8.93. The topological polar surface area (TPSA) is 63.8 Å². The van der Waals surface area contributed by atoms with E-state index in [1.54, 1.807) is 0 Å². The molecule has 4 nitrogen and oxygen atoms in total. The van der Waals surface area contributed by atoms with E-state index in [-0.39, 0.29) is 11.5 Å². The van der Waals surface area contributed by atoms with Gasteiger partial charge in [-0.15, -0.1) is 5.10 Å². The second-order valence-electron chi connectivity index (χ2n) is 5.75. The van der Waals surface area contributed by atoms with Crippen LogP contribution < -0.4 is 11.3 Å². The summed E-state index contributed by atoms with van der Waals surface area (Å²) in [5.41, 5.74) is 6.21. The molecule has 0 fully saturated rings. The van der Waals surface area contributed by atoms with Crippen molar-refractivity contribution in [1.29, 1.82) is 0 Å². The van der Waals surface area contributed by atoms with Crippen molar-refractivity contribution in [3.05, 3.63) is 46.0 Å². The van der Waals surface area contributed by atoms with Crippen molar-refractivity contribution in [2.24, 2.45) is 5.84 Å². The van der Waals surface area contributed by atoms with Crippen LogP contribution in [-0.4, -0.2) is 9.59 Å². The summed E-state index contributed by atoms with van der Waals surface area (Å²) >= 11 is 1.40. The predicted molar refractivity (Wildman–Crippen MR) is 79.0 cm³/mol. The van der Waals surface area contributed by atoms with Crippen LogP contribution in [0.5, 0.6) is 0 Å². The van der Waals surface area contributed by atoms with Crippen molar-refractivity contribution in [1.82, 2.24) is 15.0 Å². The number of rotatable bonds is 3. The van der Waals surface area contributed by atoms with Crippen LogP contribution in [-0.2, 0) is 5.41 Å². The number of aromatic nitrogens is 2. The van der Waals surface area contributed by atoms with Gasteiger partial charge in [0.2, 0.25) is 0 Å². The minimum Gasteiger partial charge on any atom is -0.271 e. The van der Waals surface area contributed by atoms with Crippen molar-refractivity contribution in [2.45, 2.75) is 39.2 Å². The normalized spacial score (nSPS) is 13.5. The van der Waals surface area contributed by atoms with Crippen LogP contribution in [0.2, 0.25) is 0 Å². The summed E-state index contributed by atoms with van der Waals surface area (Å²) in [6.07, 6.45) is 0. The van der Waals surface area contributed by atoms with Gasteiger partial charge in [-0.05, 0) is 24.0 Å². The lowest BCUT2D eigenvalue weighted by molar-refractivity contribution is 0.543. The van der Waals surface area contributed by atoms with E-state index in [9.17, 15) is 0 Å². The molecule has 0 saturated carbocycles. The first-order valence-electron chi connectivity index (χ1n) is 6.29. The summed E-state index contributed by atoms with van der Waals surface area (Å²) in [6, 6.07) is 8.29. The van der Waals surface area contributed by atoms with Gasteiger partial charge >= 0.3 is 0 Å². The molecule has 0 aliphatic rings. The first-order valence-corrected chi connectivity index (χ1v) is 7.06. The van der Waals surface area contributed by atoms with Crippen LogP contribution in [0.25, 0.3) is 0 Å². The monoisotopic (exact) mass is 276 g/mol. The second kappa shape index (κ2) is 5.36. The highest BCUT2D eigenvalue weighted by Crippen LogP contribution is 2.33. The zero-order valence-corrected chi connectivity index (χ0v) is 12.6. The van der Waals surface area contributed by atoms with Gasteiger partial charge in [-0.2, -0.15) is 0 Å². The van der Waals surface area contributed by atoms with Crippen LogP contribution >= 0.6 is 11.5 Å². The Bertz CT molecular complexity index is 539. The van der Waals surface area contributed by atoms with Gasteiger partial charge in [0.05, 0.1) is 16.6 Å². The number of nitrogens with zero attached hydrogens (tertiary/aromatic N) is 2. The summed E-state index contributed by atoms with van der Waals surface area (Å²) in [7, 11) is 0. The van der Waals surface area contributed by atoms with Crippen molar-refractivity contribution in [2.75, 3.05) is 0 Å². The Morgan fingerprint density at radius 2 is 1.84 bits per heavy atom. The van der Waals surface area contributed by atoms with Gasteiger partial charge in [-0.1, -0.05) is 55.1 Å². The van der Waals surface area contributed by atoms with E-state index >= 15 is 0 Å². The summed E-state index contributed by atoms with van der Waals surface area (Å²) in [5.74, 6) is 5.75. The van der Waals surface area contributed by atoms with Crippen molar-refractivity contribution >= 4 is 11.5 Å². The van der Waals surface area contributed by atoms with E-state index in [4.69, 9.17) is 5.84 Å². The van der Waals surface area contributed by atoms with Crippen molar-refractivity contribution in [3.63, 3.8) is 0 Å². The fraction of sp³-hybridized carbons (Fsp3) is 0.429. The van der Waals surface area contributed by atoms with E-state index in [1.165, 1.54) is 17.1 Å².